The third kappa shape index (κ3) is 3.19. The highest BCUT2D eigenvalue weighted by molar-refractivity contribution is 5.75. The average Bonchev–Trinajstić information content (AvgIpc) is 2.31. The molecule has 0 bridgehead atoms. The molecule has 2 aromatic carbocycles. The van der Waals surface area contributed by atoms with Gasteiger partial charge in [0, 0.05) is 11.3 Å². The molecule has 0 saturated carbocycles. The van der Waals surface area contributed by atoms with Gasteiger partial charge in [-0.1, -0.05) is 24.3 Å². The Kier molecular flexibility index (Phi) is 3.38. The normalized spacial score (nSPS) is 11.4. The van der Waals surface area contributed by atoms with Crippen molar-refractivity contribution in [3.63, 3.8) is 0 Å². The third-order valence-corrected chi connectivity index (χ3v) is 2.66. The second-order valence-electron chi connectivity index (χ2n) is 4.12. The van der Waals surface area contributed by atoms with Crippen LogP contribution in [0.3, 0.4) is 0 Å². The molecule has 0 spiro atoms. The molecule has 19 heavy (non-hydrogen) atoms. The Morgan fingerprint density at radius 2 is 1.68 bits per heavy atom. The summed E-state index contributed by atoms with van der Waals surface area (Å²) in [6.45, 7) is 1.80. The molecule has 5 heteroatoms. The van der Waals surface area contributed by atoms with E-state index < -0.39 is 6.36 Å². The molecule has 0 saturated heterocycles. The van der Waals surface area contributed by atoms with Crippen LogP contribution in [0.2, 0.25) is 0 Å². The highest BCUT2D eigenvalue weighted by atomic mass is 19.4. The van der Waals surface area contributed by atoms with E-state index >= 15 is 0 Å². The van der Waals surface area contributed by atoms with Gasteiger partial charge in [0.25, 0.3) is 0 Å². The molecule has 0 heterocycles. The van der Waals surface area contributed by atoms with Crippen molar-refractivity contribution in [2.24, 2.45) is 0 Å². The first kappa shape index (κ1) is 13.3. The topological polar surface area (TPSA) is 35.2 Å². The fourth-order valence-electron chi connectivity index (χ4n) is 1.83. The molecule has 0 unspecified atom stereocenters. The molecular formula is C14H12F3NO. The summed E-state index contributed by atoms with van der Waals surface area (Å²) in [5.41, 5.74) is 7.98. The fraction of sp³-hybridized carbons (Fsp3) is 0.143. The van der Waals surface area contributed by atoms with Crippen molar-refractivity contribution in [1.29, 1.82) is 0 Å². The van der Waals surface area contributed by atoms with Crippen LogP contribution in [0.25, 0.3) is 11.1 Å². The van der Waals surface area contributed by atoms with E-state index in [2.05, 4.69) is 4.74 Å². The van der Waals surface area contributed by atoms with Crippen molar-refractivity contribution >= 4 is 5.69 Å². The Hall–Kier alpha value is -2.17. The van der Waals surface area contributed by atoms with Gasteiger partial charge in [-0.25, -0.2) is 0 Å². The second-order valence-corrected chi connectivity index (χ2v) is 4.12. The predicted octanol–water partition coefficient (Wildman–Crippen LogP) is 4.14. The smallest absolute Gasteiger partial charge is 0.405 e. The zero-order chi connectivity index (χ0) is 14.0. The lowest BCUT2D eigenvalue weighted by Gasteiger charge is -2.15. The summed E-state index contributed by atoms with van der Waals surface area (Å²) in [6, 6.07) is 11.1. The van der Waals surface area contributed by atoms with E-state index in [0.29, 0.717) is 16.8 Å². The molecule has 0 fully saturated rings. The van der Waals surface area contributed by atoms with E-state index in [4.69, 9.17) is 5.73 Å². The maximum absolute atomic E-state index is 12.4. The van der Waals surface area contributed by atoms with Crippen LogP contribution < -0.4 is 10.5 Å². The molecule has 0 aliphatic heterocycles. The number of rotatable bonds is 2. The number of hydrogen-bond acceptors (Lipinski definition) is 2. The first-order valence-electron chi connectivity index (χ1n) is 5.58. The second kappa shape index (κ2) is 4.84. The fourth-order valence-corrected chi connectivity index (χ4v) is 1.83. The lowest BCUT2D eigenvalue weighted by atomic mass is 9.99. The Morgan fingerprint density at radius 3 is 2.37 bits per heavy atom. The Labute approximate surface area is 108 Å². The monoisotopic (exact) mass is 267 g/mol. The minimum absolute atomic E-state index is 0.233. The maximum atomic E-state index is 12.4. The summed E-state index contributed by atoms with van der Waals surface area (Å²) >= 11 is 0. The van der Waals surface area contributed by atoms with E-state index in [-0.39, 0.29) is 5.75 Å². The van der Waals surface area contributed by atoms with Crippen LogP contribution in [0, 0.1) is 6.92 Å². The van der Waals surface area contributed by atoms with Gasteiger partial charge in [0.2, 0.25) is 0 Å². The predicted molar refractivity (Wildman–Crippen MR) is 67.7 cm³/mol. The number of aryl methyl sites for hydroxylation is 1. The van der Waals surface area contributed by atoms with Crippen LogP contribution in [0.4, 0.5) is 18.9 Å². The average molecular weight is 267 g/mol. The van der Waals surface area contributed by atoms with E-state index in [9.17, 15) is 13.2 Å². The maximum Gasteiger partial charge on any atom is 0.573 e. The van der Waals surface area contributed by atoms with Crippen molar-refractivity contribution in [3.8, 4) is 16.9 Å². The Balaban J connectivity index is 2.53. The molecular weight excluding hydrogens is 255 g/mol. The minimum atomic E-state index is -4.72. The number of hydrogen-bond donors (Lipinski definition) is 1. The zero-order valence-electron chi connectivity index (χ0n) is 10.2. The standard InChI is InChI=1S/C14H12F3NO/c1-9-6-7-10(18)8-12(9)11-4-2-3-5-13(11)19-14(15,16)17/h2-8H,18H2,1H3. The summed E-state index contributed by atoms with van der Waals surface area (Å²) in [7, 11) is 0. The highest BCUT2D eigenvalue weighted by Gasteiger charge is 2.32. The zero-order valence-corrected chi connectivity index (χ0v) is 10.2. The third-order valence-electron chi connectivity index (χ3n) is 2.66. The van der Waals surface area contributed by atoms with Gasteiger partial charge in [0.15, 0.2) is 0 Å². The quantitative estimate of drug-likeness (QED) is 0.830. The van der Waals surface area contributed by atoms with Crippen LogP contribution in [-0.2, 0) is 0 Å². The Bertz CT molecular complexity index is 593. The van der Waals surface area contributed by atoms with E-state index in [1.54, 1.807) is 37.3 Å². The molecule has 0 atom stereocenters. The number of para-hydroxylation sites is 1. The van der Waals surface area contributed by atoms with Crippen LogP contribution >= 0.6 is 0 Å². The molecule has 2 nitrogen and oxygen atoms in total. The molecule has 0 aliphatic rings. The van der Waals surface area contributed by atoms with Crippen LogP contribution in [0.1, 0.15) is 5.56 Å². The number of nitrogen functional groups attached to an aromatic ring is 1. The van der Waals surface area contributed by atoms with Gasteiger partial charge < -0.3 is 10.5 Å². The summed E-state index contributed by atoms with van der Waals surface area (Å²) in [6.07, 6.45) is -4.72. The summed E-state index contributed by atoms with van der Waals surface area (Å²) in [5.74, 6) is -0.233. The molecule has 0 radical (unpaired) electrons. The number of nitrogens with two attached hydrogens (primary N) is 1. The molecule has 2 rings (SSSR count). The van der Waals surface area contributed by atoms with Gasteiger partial charge in [-0.2, -0.15) is 0 Å². The summed E-state index contributed by atoms with van der Waals surface area (Å²) in [4.78, 5) is 0. The first-order valence-corrected chi connectivity index (χ1v) is 5.58. The van der Waals surface area contributed by atoms with Gasteiger partial charge in [-0.05, 0) is 36.2 Å². The van der Waals surface area contributed by atoms with Crippen LogP contribution in [0.15, 0.2) is 42.5 Å². The van der Waals surface area contributed by atoms with Crippen molar-refractivity contribution in [2.45, 2.75) is 13.3 Å². The number of halogens is 3. The lowest BCUT2D eigenvalue weighted by molar-refractivity contribution is -0.274. The summed E-state index contributed by atoms with van der Waals surface area (Å²) in [5, 5.41) is 0. The van der Waals surface area contributed by atoms with Crippen molar-refractivity contribution in [1.82, 2.24) is 0 Å². The van der Waals surface area contributed by atoms with Crippen LogP contribution in [-0.4, -0.2) is 6.36 Å². The molecule has 2 N–H and O–H groups in total. The van der Waals surface area contributed by atoms with Gasteiger partial charge in [-0.15, -0.1) is 13.2 Å². The Morgan fingerprint density at radius 1 is 1.00 bits per heavy atom. The van der Waals surface area contributed by atoms with E-state index in [0.717, 1.165) is 5.56 Å². The molecule has 0 amide bonds. The lowest BCUT2D eigenvalue weighted by Crippen LogP contribution is -2.17. The number of anilines is 1. The summed E-state index contributed by atoms with van der Waals surface area (Å²) < 4.78 is 41.2. The van der Waals surface area contributed by atoms with E-state index in [1.165, 1.54) is 12.1 Å². The van der Waals surface area contributed by atoms with Gasteiger partial charge in [0.1, 0.15) is 5.75 Å². The molecule has 100 valence electrons. The highest BCUT2D eigenvalue weighted by Crippen LogP contribution is 2.35. The van der Waals surface area contributed by atoms with Gasteiger partial charge in [0.05, 0.1) is 0 Å². The van der Waals surface area contributed by atoms with Gasteiger partial charge >= 0.3 is 6.36 Å². The molecule has 0 aliphatic carbocycles. The van der Waals surface area contributed by atoms with Crippen molar-refractivity contribution in [2.75, 3.05) is 5.73 Å². The van der Waals surface area contributed by atoms with E-state index in [1.807, 2.05) is 0 Å². The van der Waals surface area contributed by atoms with Crippen molar-refractivity contribution < 1.29 is 17.9 Å². The SMILES string of the molecule is Cc1ccc(N)cc1-c1ccccc1OC(F)(F)F. The van der Waals surface area contributed by atoms with Gasteiger partial charge in [-0.3, -0.25) is 0 Å². The minimum Gasteiger partial charge on any atom is -0.405 e. The van der Waals surface area contributed by atoms with Crippen LogP contribution in [0.5, 0.6) is 5.75 Å². The molecule has 2 aromatic rings. The number of alkyl halides is 3. The van der Waals surface area contributed by atoms with Crippen molar-refractivity contribution in [3.05, 3.63) is 48.0 Å². The largest absolute Gasteiger partial charge is 0.573 e. The first-order chi connectivity index (χ1) is 8.87. The molecule has 0 aromatic heterocycles. The number of benzene rings is 2. The number of ether oxygens (including phenoxy) is 1.